The van der Waals surface area contributed by atoms with Crippen LogP contribution in [0, 0.1) is 0 Å². The second kappa shape index (κ2) is 10.4. The lowest BCUT2D eigenvalue weighted by Crippen LogP contribution is -2.14. The first-order chi connectivity index (χ1) is 17.2. The van der Waals surface area contributed by atoms with Crippen LogP contribution in [-0.2, 0) is 10.2 Å². The minimum Gasteiger partial charge on any atom is -0.435 e. The molecule has 184 valence electrons. The lowest BCUT2D eigenvalue weighted by Gasteiger charge is -2.18. The summed E-state index contributed by atoms with van der Waals surface area (Å²) in [5.74, 6) is 0.202. The molecule has 0 unspecified atom stereocenters. The van der Waals surface area contributed by atoms with E-state index in [4.69, 9.17) is 4.42 Å². The van der Waals surface area contributed by atoms with E-state index in [1.807, 2.05) is 42.7 Å². The van der Waals surface area contributed by atoms with Crippen LogP contribution in [0.1, 0.15) is 43.7 Å². The molecule has 0 saturated heterocycles. The molecule has 0 aliphatic rings. The molecule has 0 bridgehead atoms. The van der Waals surface area contributed by atoms with Crippen molar-refractivity contribution in [3.05, 3.63) is 84.1 Å². The van der Waals surface area contributed by atoms with Crippen molar-refractivity contribution >= 4 is 35.0 Å². The van der Waals surface area contributed by atoms with Gasteiger partial charge in [0.25, 0.3) is 5.91 Å². The van der Waals surface area contributed by atoms with Crippen molar-refractivity contribution < 1.29 is 14.0 Å². The summed E-state index contributed by atoms with van der Waals surface area (Å²) in [6.07, 6.45) is 1.96. The zero-order chi connectivity index (χ0) is 25.9. The molecule has 0 aliphatic heterocycles. The van der Waals surface area contributed by atoms with E-state index in [0.29, 0.717) is 28.6 Å². The molecule has 1 aromatic heterocycles. The summed E-state index contributed by atoms with van der Waals surface area (Å²) in [6.45, 7) is 7.93. The Labute approximate surface area is 215 Å². The summed E-state index contributed by atoms with van der Waals surface area (Å²) in [5, 5.41) is 5.73. The molecule has 4 aromatic rings. The number of carbonyl (C=O) groups is 2. The number of anilines is 2. The molecule has 0 aliphatic carbocycles. The van der Waals surface area contributed by atoms with Gasteiger partial charge in [0.2, 0.25) is 11.8 Å². The predicted octanol–water partition coefficient (Wildman–Crippen LogP) is 7.24. The number of para-hydroxylation sites is 1. The van der Waals surface area contributed by atoms with Gasteiger partial charge in [-0.25, -0.2) is 4.98 Å². The van der Waals surface area contributed by atoms with Crippen LogP contribution in [0.25, 0.3) is 22.8 Å². The van der Waals surface area contributed by atoms with Crippen molar-refractivity contribution in [1.29, 1.82) is 0 Å². The van der Waals surface area contributed by atoms with Crippen LogP contribution in [0.15, 0.2) is 82.1 Å². The molecule has 7 heteroatoms. The van der Waals surface area contributed by atoms with Crippen LogP contribution in [0.3, 0.4) is 0 Å². The highest BCUT2D eigenvalue weighted by molar-refractivity contribution is 7.98. The number of rotatable bonds is 6. The van der Waals surface area contributed by atoms with Crippen molar-refractivity contribution in [1.82, 2.24) is 4.98 Å². The number of benzene rings is 3. The first-order valence-electron chi connectivity index (χ1n) is 11.6. The van der Waals surface area contributed by atoms with Crippen LogP contribution >= 0.6 is 11.8 Å². The molecular weight excluding hydrogens is 470 g/mol. The second-order valence-corrected chi connectivity index (χ2v) is 10.3. The van der Waals surface area contributed by atoms with Crippen LogP contribution < -0.4 is 10.6 Å². The van der Waals surface area contributed by atoms with Crippen LogP contribution in [0.5, 0.6) is 0 Å². The molecule has 0 atom stereocenters. The fourth-order valence-corrected chi connectivity index (χ4v) is 4.30. The van der Waals surface area contributed by atoms with Gasteiger partial charge >= 0.3 is 0 Å². The number of hydrogen-bond donors (Lipinski definition) is 2. The number of aromatic nitrogens is 1. The van der Waals surface area contributed by atoms with Crippen molar-refractivity contribution in [2.24, 2.45) is 0 Å². The molecule has 0 spiro atoms. The molecule has 0 radical (unpaired) electrons. The van der Waals surface area contributed by atoms with E-state index in [-0.39, 0.29) is 22.9 Å². The molecule has 1 heterocycles. The van der Waals surface area contributed by atoms with Crippen molar-refractivity contribution in [3.8, 4) is 22.8 Å². The molecule has 6 nitrogen and oxygen atoms in total. The number of hydrogen-bond acceptors (Lipinski definition) is 5. The molecule has 4 rings (SSSR count). The Morgan fingerprint density at radius 3 is 2.11 bits per heavy atom. The number of nitrogens with one attached hydrogen (secondary N) is 2. The number of thioether (sulfide) groups is 1. The molecule has 36 heavy (non-hydrogen) atoms. The maximum Gasteiger partial charge on any atom is 0.278 e. The third-order valence-electron chi connectivity index (χ3n) is 5.66. The highest BCUT2D eigenvalue weighted by Gasteiger charge is 2.24. The highest BCUT2D eigenvalue weighted by atomic mass is 32.2. The van der Waals surface area contributed by atoms with E-state index >= 15 is 0 Å². The Morgan fingerprint density at radius 1 is 0.861 bits per heavy atom. The maximum atomic E-state index is 13.4. The molecule has 2 N–H and O–H groups in total. The number of nitrogens with zero attached hydrogens (tertiary/aromatic N) is 1. The summed E-state index contributed by atoms with van der Waals surface area (Å²) >= 11 is 1.55. The van der Waals surface area contributed by atoms with Crippen molar-refractivity contribution in [2.45, 2.75) is 38.0 Å². The fourth-order valence-electron chi connectivity index (χ4n) is 3.74. The number of carbonyl (C=O) groups excluding carboxylic acids is 2. The zero-order valence-corrected chi connectivity index (χ0v) is 21.8. The summed E-state index contributed by atoms with van der Waals surface area (Å²) in [4.78, 5) is 30.4. The van der Waals surface area contributed by atoms with Gasteiger partial charge in [-0.15, -0.1) is 11.8 Å². The Kier molecular flexibility index (Phi) is 7.31. The topological polar surface area (TPSA) is 84.2 Å². The van der Waals surface area contributed by atoms with E-state index in [1.54, 1.807) is 36.0 Å². The van der Waals surface area contributed by atoms with Crippen LogP contribution in [-0.4, -0.2) is 23.1 Å². The zero-order valence-electron chi connectivity index (χ0n) is 21.0. The quantitative estimate of drug-likeness (QED) is 0.273. The van der Waals surface area contributed by atoms with Gasteiger partial charge in [-0.1, -0.05) is 45.0 Å². The van der Waals surface area contributed by atoms with E-state index < -0.39 is 0 Å². The van der Waals surface area contributed by atoms with E-state index in [0.717, 1.165) is 10.5 Å². The van der Waals surface area contributed by atoms with E-state index in [9.17, 15) is 9.59 Å². The lowest BCUT2D eigenvalue weighted by atomic mass is 9.87. The summed E-state index contributed by atoms with van der Waals surface area (Å²) in [5.41, 5.74) is 4.22. The standard InChI is InChI=1S/C29H29N3O3S/c1-18(33)30-22-16-12-19(13-17-22)26-25(27(34)31-23-8-6-7-9-24(23)36-5)32-28(35-26)20-10-14-21(15-11-20)29(2,3)4/h6-17H,1-5H3,(H,30,33)(H,31,34). The van der Waals surface area contributed by atoms with Gasteiger partial charge in [-0.3, -0.25) is 9.59 Å². The maximum absolute atomic E-state index is 13.4. The second-order valence-electron chi connectivity index (χ2n) is 9.44. The third kappa shape index (κ3) is 5.69. The SMILES string of the molecule is CSc1ccccc1NC(=O)c1nc(-c2ccc(C(C)(C)C)cc2)oc1-c1ccc(NC(C)=O)cc1. The molecule has 0 saturated carbocycles. The highest BCUT2D eigenvalue weighted by Crippen LogP contribution is 2.33. The average molecular weight is 500 g/mol. The normalized spacial score (nSPS) is 11.2. The fraction of sp³-hybridized carbons (Fsp3) is 0.207. The Balaban J connectivity index is 1.74. The number of oxazole rings is 1. The van der Waals surface area contributed by atoms with Crippen molar-refractivity contribution in [3.63, 3.8) is 0 Å². The van der Waals surface area contributed by atoms with Crippen molar-refractivity contribution in [2.75, 3.05) is 16.9 Å². The largest absolute Gasteiger partial charge is 0.435 e. The number of amides is 2. The summed E-state index contributed by atoms with van der Waals surface area (Å²) in [6, 6.07) is 22.8. The summed E-state index contributed by atoms with van der Waals surface area (Å²) < 4.78 is 6.18. The van der Waals surface area contributed by atoms with Gasteiger partial charge in [0, 0.05) is 28.6 Å². The summed E-state index contributed by atoms with van der Waals surface area (Å²) in [7, 11) is 0. The molecular formula is C29H29N3O3S. The molecule has 3 aromatic carbocycles. The van der Waals surface area contributed by atoms with Gasteiger partial charge in [0.1, 0.15) is 0 Å². The predicted molar refractivity (Wildman–Crippen MR) is 147 cm³/mol. The molecule has 2 amide bonds. The third-order valence-corrected chi connectivity index (χ3v) is 6.46. The monoisotopic (exact) mass is 499 g/mol. The Morgan fingerprint density at radius 2 is 1.50 bits per heavy atom. The molecule has 0 fully saturated rings. The lowest BCUT2D eigenvalue weighted by molar-refractivity contribution is -0.114. The average Bonchev–Trinajstić information content (AvgIpc) is 3.30. The van der Waals surface area contributed by atoms with E-state index in [2.05, 4.69) is 48.5 Å². The first kappa shape index (κ1) is 25.3. The van der Waals surface area contributed by atoms with E-state index in [1.165, 1.54) is 12.5 Å². The smallest absolute Gasteiger partial charge is 0.278 e. The van der Waals surface area contributed by atoms with Crippen LogP contribution in [0.2, 0.25) is 0 Å². The van der Waals surface area contributed by atoms with Crippen LogP contribution in [0.4, 0.5) is 11.4 Å². The van der Waals surface area contributed by atoms with Gasteiger partial charge < -0.3 is 15.1 Å². The Bertz CT molecular complexity index is 1380. The first-order valence-corrected chi connectivity index (χ1v) is 12.8. The van der Waals surface area contributed by atoms with Gasteiger partial charge in [0.05, 0.1) is 5.69 Å². The van der Waals surface area contributed by atoms with Gasteiger partial charge in [-0.2, -0.15) is 0 Å². The minimum absolute atomic E-state index is 0.0195. The van der Waals surface area contributed by atoms with Gasteiger partial charge in [0.15, 0.2) is 11.5 Å². The van der Waals surface area contributed by atoms with Gasteiger partial charge in [-0.05, 0) is 65.8 Å². The minimum atomic E-state index is -0.362. The Hall–Kier alpha value is -3.84.